The van der Waals surface area contributed by atoms with E-state index in [1.54, 1.807) is 0 Å². The molecule has 0 saturated carbocycles. The number of carboxylic acid groups (broad SMARTS) is 1. The monoisotopic (exact) mass is 1290 g/mol. The molecule has 506 valence electrons. The van der Waals surface area contributed by atoms with Crippen molar-refractivity contribution in [3.05, 3.63) is 179 Å². The third-order valence-electron chi connectivity index (χ3n) is 15.4. The van der Waals surface area contributed by atoms with Gasteiger partial charge in [0.15, 0.2) is 11.6 Å². The highest BCUT2D eigenvalue weighted by atomic mass is 16.6. The van der Waals surface area contributed by atoms with Crippen LogP contribution in [0.1, 0.15) is 131 Å². The van der Waals surface area contributed by atoms with Crippen molar-refractivity contribution in [3.8, 4) is 33.4 Å². The Kier molecular flexibility index (Phi) is 34.7. The highest BCUT2D eigenvalue weighted by molar-refractivity contribution is 5.83. The van der Waals surface area contributed by atoms with Gasteiger partial charge in [0.25, 0.3) is 0 Å². The number of hydrogen-bond acceptors (Lipinski definition) is 16. The van der Waals surface area contributed by atoms with E-state index in [4.69, 9.17) is 47.7 Å². The maximum Gasteiger partial charge on any atom is 0.407 e. The van der Waals surface area contributed by atoms with E-state index in [0.29, 0.717) is 111 Å². The van der Waals surface area contributed by atoms with Crippen LogP contribution < -0.4 is 10.6 Å². The SMILES string of the molecule is C.C.CCOCC(=O)CCCNC(=O)COCCOCCCC(=O)OCC1c2ccccc2-c2ccccc21.CCOCC(=O)CCCNC(=O)OCC1c2ccccc2-c2ccccc21.O=C(O)COCCOCCCC(=O)OCC1c2ccccc2-c2ccccc21. The number of Topliss-reactive ketones (excluding diaryl/α,β-unsaturated/α-hetero) is 2. The number of nitrogens with one attached hydrogen (secondary N) is 2. The lowest BCUT2D eigenvalue weighted by Crippen LogP contribution is -2.29. The number of aliphatic carboxylic acids is 1. The van der Waals surface area contributed by atoms with Gasteiger partial charge in [-0.05, 0) is 106 Å². The highest BCUT2D eigenvalue weighted by Gasteiger charge is 2.32. The van der Waals surface area contributed by atoms with E-state index in [0.717, 1.165) is 0 Å². The van der Waals surface area contributed by atoms with Gasteiger partial charge in [0.1, 0.15) is 46.2 Å². The summed E-state index contributed by atoms with van der Waals surface area (Å²) >= 11 is 0. The van der Waals surface area contributed by atoms with Crippen LogP contribution >= 0.6 is 0 Å². The van der Waals surface area contributed by atoms with Gasteiger partial charge in [-0.2, -0.15) is 0 Å². The molecule has 0 heterocycles. The first-order chi connectivity index (χ1) is 45.0. The predicted octanol–water partition coefficient (Wildman–Crippen LogP) is 12.1. The summed E-state index contributed by atoms with van der Waals surface area (Å²) in [4.78, 5) is 81.3. The highest BCUT2D eigenvalue weighted by Crippen LogP contribution is 2.47. The summed E-state index contributed by atoms with van der Waals surface area (Å²) in [6.45, 7) is 8.36. The number of rotatable bonds is 38. The van der Waals surface area contributed by atoms with Crippen LogP contribution in [0.3, 0.4) is 0 Å². The number of carbonyl (C=O) groups is 7. The number of esters is 2. The first-order valence-corrected chi connectivity index (χ1v) is 31.7. The Morgan fingerprint density at radius 3 is 1.03 bits per heavy atom. The fourth-order valence-electron chi connectivity index (χ4n) is 11.0. The predicted molar refractivity (Wildman–Crippen MR) is 360 cm³/mol. The third kappa shape index (κ3) is 24.5. The third-order valence-corrected chi connectivity index (χ3v) is 15.4. The average Bonchev–Trinajstić information content (AvgIpc) is 1.65. The maximum absolute atomic E-state index is 12.3. The van der Waals surface area contributed by atoms with Gasteiger partial charge in [-0.1, -0.05) is 160 Å². The molecular weight excluding hydrogens is 1200 g/mol. The number of benzene rings is 6. The summed E-state index contributed by atoms with van der Waals surface area (Å²) in [6, 6.07) is 49.4. The molecule has 6 aromatic carbocycles. The first-order valence-electron chi connectivity index (χ1n) is 31.7. The van der Waals surface area contributed by atoms with Crippen molar-refractivity contribution in [2.45, 2.75) is 97.8 Å². The minimum absolute atomic E-state index is 0. The molecule has 2 amide bonds. The Balaban J connectivity index is 0.000000257. The van der Waals surface area contributed by atoms with Crippen LogP contribution in [0.25, 0.3) is 33.4 Å². The summed E-state index contributed by atoms with van der Waals surface area (Å²) in [5.41, 5.74) is 14.4. The van der Waals surface area contributed by atoms with Crippen LogP contribution in [-0.2, 0) is 71.4 Å². The lowest BCUT2D eigenvalue weighted by molar-refractivity contribution is -0.145. The average molecular weight is 1300 g/mol. The smallest absolute Gasteiger partial charge is 0.407 e. The molecule has 3 aliphatic rings. The number of hydrogen-bond donors (Lipinski definition) is 3. The molecule has 0 bridgehead atoms. The van der Waals surface area contributed by atoms with Crippen LogP contribution in [0.5, 0.6) is 0 Å². The van der Waals surface area contributed by atoms with Crippen molar-refractivity contribution in [2.24, 2.45) is 0 Å². The standard InChI is InChI=1S/C29H37NO7.C22H25NO4.C22H24O6.2CH4/c1-2-34-19-22(31)9-7-15-30-28(32)21-36-18-17-35-16-8-14-29(33)37-20-27-25-12-5-3-10-23(25)24-11-4-6-13-26(24)27;1-2-26-14-16(24)8-7-13-23-22(25)27-15-21-19-11-5-3-9-17(19)18-10-4-6-12-20(18)21;23-21(24)15-27-13-12-26-11-5-10-22(25)28-14-20-18-8-3-1-6-16(18)17-7-2-4-9-19(17)20;;/h3-6,10-13,27H,2,7-9,14-21H2,1H3,(H,30,32);3-6,9-12,21H,2,7-8,13-15H2,1H3,(H,23,25);1-4,6-9,20H,5,10-15H2,(H,23,24);2*1H4. The number of ketones is 2. The van der Waals surface area contributed by atoms with Crippen LogP contribution in [0.15, 0.2) is 146 Å². The summed E-state index contributed by atoms with van der Waals surface area (Å²) in [5, 5.41) is 13.9. The van der Waals surface area contributed by atoms with Crippen molar-refractivity contribution in [3.63, 3.8) is 0 Å². The fourth-order valence-corrected chi connectivity index (χ4v) is 11.0. The number of alkyl carbamates (subject to hydrolysis) is 1. The molecule has 6 aromatic rings. The van der Waals surface area contributed by atoms with Gasteiger partial charge >= 0.3 is 24.0 Å². The van der Waals surface area contributed by atoms with Crippen molar-refractivity contribution in [1.29, 1.82) is 0 Å². The van der Waals surface area contributed by atoms with Crippen LogP contribution in [0.2, 0.25) is 0 Å². The molecule has 19 nitrogen and oxygen atoms in total. The lowest BCUT2D eigenvalue weighted by atomic mass is 9.98. The first kappa shape index (κ1) is 76.3. The molecule has 19 heteroatoms. The van der Waals surface area contributed by atoms with Crippen LogP contribution in [0, 0.1) is 0 Å². The second-order valence-electron chi connectivity index (χ2n) is 21.9. The fraction of sp³-hybridized carbons (Fsp3) is 0.427. The van der Waals surface area contributed by atoms with Crippen molar-refractivity contribution < 1.29 is 81.3 Å². The maximum atomic E-state index is 12.3. The topological polar surface area (TPSA) is 247 Å². The van der Waals surface area contributed by atoms with Crippen LogP contribution in [-0.4, -0.2) is 159 Å². The summed E-state index contributed by atoms with van der Waals surface area (Å²) in [6.07, 6.45) is 3.15. The second-order valence-corrected chi connectivity index (χ2v) is 21.9. The van der Waals surface area contributed by atoms with Gasteiger partial charge < -0.3 is 58.4 Å². The van der Waals surface area contributed by atoms with E-state index >= 15 is 0 Å². The van der Waals surface area contributed by atoms with E-state index in [1.165, 1.54) is 66.8 Å². The molecule has 0 radical (unpaired) electrons. The summed E-state index contributed by atoms with van der Waals surface area (Å²) in [7, 11) is 0. The van der Waals surface area contributed by atoms with E-state index < -0.39 is 12.1 Å². The quantitative estimate of drug-likeness (QED) is 0.0185. The number of carbonyl (C=O) groups excluding carboxylic acids is 6. The summed E-state index contributed by atoms with van der Waals surface area (Å²) in [5.74, 6) is -1.46. The largest absolute Gasteiger partial charge is 0.480 e. The Labute approximate surface area is 553 Å². The number of fused-ring (bicyclic) bond motifs is 9. The van der Waals surface area contributed by atoms with Gasteiger partial charge in [0.2, 0.25) is 5.91 Å². The van der Waals surface area contributed by atoms with Gasteiger partial charge in [-0.15, -0.1) is 0 Å². The Morgan fingerprint density at radius 1 is 0.362 bits per heavy atom. The molecule has 0 atom stereocenters. The number of ether oxygens (including phenoxy) is 9. The Morgan fingerprint density at radius 2 is 0.681 bits per heavy atom. The van der Waals surface area contributed by atoms with E-state index in [1.807, 2.05) is 86.6 Å². The van der Waals surface area contributed by atoms with Gasteiger partial charge in [-0.25, -0.2) is 9.59 Å². The van der Waals surface area contributed by atoms with Crippen molar-refractivity contribution in [2.75, 3.05) is 112 Å². The zero-order valence-electron chi connectivity index (χ0n) is 52.7. The molecule has 0 fully saturated rings. The number of carboxylic acids is 1. The Bertz CT molecular complexity index is 3190. The zero-order chi connectivity index (χ0) is 65.1. The lowest BCUT2D eigenvalue weighted by Gasteiger charge is -2.14. The molecule has 94 heavy (non-hydrogen) atoms. The molecule has 3 aliphatic carbocycles. The van der Waals surface area contributed by atoms with E-state index in [2.05, 4.69) is 83.4 Å². The van der Waals surface area contributed by atoms with Crippen molar-refractivity contribution in [1.82, 2.24) is 10.6 Å². The molecule has 0 unspecified atom stereocenters. The van der Waals surface area contributed by atoms with Gasteiger partial charge in [0, 0.05) is 83.0 Å². The molecule has 0 saturated heterocycles. The minimum atomic E-state index is -1.00. The molecule has 9 rings (SSSR count). The molecule has 0 aliphatic heterocycles. The normalized spacial score (nSPS) is 12.0. The zero-order valence-corrected chi connectivity index (χ0v) is 52.7. The molecule has 3 N–H and O–H groups in total. The van der Waals surface area contributed by atoms with Crippen LogP contribution in [0.4, 0.5) is 4.79 Å². The number of amides is 2. The molecule has 0 spiro atoms. The summed E-state index contributed by atoms with van der Waals surface area (Å²) < 4.78 is 47.6. The van der Waals surface area contributed by atoms with Crippen molar-refractivity contribution >= 4 is 41.5 Å². The van der Waals surface area contributed by atoms with E-state index in [9.17, 15) is 33.6 Å². The molecular formula is C75H94N2O17. The van der Waals surface area contributed by atoms with E-state index in [-0.39, 0.29) is 115 Å². The van der Waals surface area contributed by atoms with Gasteiger partial charge in [0.05, 0.1) is 26.4 Å². The minimum Gasteiger partial charge on any atom is -0.480 e. The Hall–Kier alpha value is -8.43. The van der Waals surface area contributed by atoms with Gasteiger partial charge in [-0.3, -0.25) is 24.0 Å². The molecule has 0 aromatic heterocycles. The second kappa shape index (κ2) is 42.7.